The van der Waals surface area contributed by atoms with Gasteiger partial charge in [0.05, 0.1) is 13.7 Å². The monoisotopic (exact) mass is 238 g/mol. The highest BCUT2D eigenvalue weighted by atomic mass is 35.5. The summed E-state index contributed by atoms with van der Waals surface area (Å²) < 4.78 is 5.07. The van der Waals surface area contributed by atoms with Crippen molar-refractivity contribution < 1.29 is 4.74 Å². The molecule has 84 valence electrons. The fourth-order valence-electron chi connectivity index (χ4n) is 1.58. The number of ether oxygens (including phenoxy) is 1. The summed E-state index contributed by atoms with van der Waals surface area (Å²) in [6.07, 6.45) is 0. The van der Waals surface area contributed by atoms with Gasteiger partial charge in [-0.2, -0.15) is 0 Å². The summed E-state index contributed by atoms with van der Waals surface area (Å²) in [6.45, 7) is 0.415. The third-order valence-corrected chi connectivity index (χ3v) is 2.48. The van der Waals surface area contributed by atoms with E-state index in [4.69, 9.17) is 16.5 Å². The molecule has 2 rings (SSSR count). The third kappa shape index (κ3) is 2.03. The summed E-state index contributed by atoms with van der Waals surface area (Å²) in [5, 5.41) is 0.609. The zero-order valence-electron chi connectivity index (χ0n) is 8.71. The van der Waals surface area contributed by atoms with Crippen LogP contribution in [0.15, 0.2) is 29.1 Å². The highest BCUT2D eigenvalue weighted by molar-refractivity contribution is 6.13. The lowest BCUT2D eigenvalue weighted by Crippen LogP contribution is -2.09. The molecule has 0 saturated carbocycles. The third-order valence-electron chi connectivity index (χ3n) is 2.35. The van der Waals surface area contributed by atoms with Crippen molar-refractivity contribution in [3.05, 3.63) is 40.2 Å². The van der Waals surface area contributed by atoms with E-state index in [0.29, 0.717) is 17.7 Å². The lowest BCUT2D eigenvalue weighted by atomic mass is 10.2. The summed E-state index contributed by atoms with van der Waals surface area (Å²) in [4.78, 5) is 17.4. The Morgan fingerprint density at radius 1 is 1.44 bits per heavy atom. The normalized spacial score (nSPS) is 10.6. The standard InChI is InChI=1S/C11H11ClN2O2/c1-16-8-2-3-10-9(5-8)11(15)4-7(14-10)6-13-12/h2-5,13H,6H2,1H3,(H,14,15). The SMILES string of the molecule is COc1ccc2[nH]c(CNCl)cc(=O)c2c1. The van der Waals surface area contributed by atoms with Gasteiger partial charge in [0, 0.05) is 22.7 Å². The molecular formula is C11H11ClN2O2. The Labute approximate surface area is 97.3 Å². The lowest BCUT2D eigenvalue weighted by Gasteiger charge is -2.04. The summed E-state index contributed by atoms with van der Waals surface area (Å²) >= 11 is 5.40. The number of hydrogen-bond donors (Lipinski definition) is 2. The zero-order chi connectivity index (χ0) is 11.5. The fourth-order valence-corrected chi connectivity index (χ4v) is 1.72. The highest BCUT2D eigenvalue weighted by Gasteiger charge is 2.03. The highest BCUT2D eigenvalue weighted by Crippen LogP contribution is 2.16. The van der Waals surface area contributed by atoms with Gasteiger partial charge >= 0.3 is 0 Å². The van der Waals surface area contributed by atoms with Crippen LogP contribution < -0.4 is 15.0 Å². The van der Waals surface area contributed by atoms with E-state index < -0.39 is 0 Å². The molecule has 16 heavy (non-hydrogen) atoms. The van der Waals surface area contributed by atoms with Gasteiger partial charge in [-0.25, -0.2) is 4.84 Å². The number of H-pyrrole nitrogens is 1. The van der Waals surface area contributed by atoms with Crippen molar-refractivity contribution in [2.24, 2.45) is 0 Å². The number of halogens is 1. The Morgan fingerprint density at radius 3 is 2.94 bits per heavy atom. The van der Waals surface area contributed by atoms with Crippen molar-refractivity contribution in [3.63, 3.8) is 0 Å². The second kappa shape index (κ2) is 4.55. The first-order valence-electron chi connectivity index (χ1n) is 4.78. The van der Waals surface area contributed by atoms with Crippen LogP contribution in [0.25, 0.3) is 10.9 Å². The number of pyridine rings is 1. The van der Waals surface area contributed by atoms with Crippen molar-refractivity contribution in [1.29, 1.82) is 0 Å². The van der Waals surface area contributed by atoms with Gasteiger partial charge in [-0.1, -0.05) is 0 Å². The van der Waals surface area contributed by atoms with Crippen LogP contribution >= 0.6 is 11.8 Å². The lowest BCUT2D eigenvalue weighted by molar-refractivity contribution is 0.415. The van der Waals surface area contributed by atoms with Crippen molar-refractivity contribution in [3.8, 4) is 5.75 Å². The first kappa shape index (κ1) is 11.0. The Kier molecular flexibility index (Phi) is 3.12. The van der Waals surface area contributed by atoms with Crippen LogP contribution in [0, 0.1) is 0 Å². The molecule has 0 unspecified atom stereocenters. The van der Waals surface area contributed by atoms with E-state index in [1.54, 1.807) is 19.2 Å². The van der Waals surface area contributed by atoms with Gasteiger partial charge in [-0.3, -0.25) is 4.79 Å². The number of methoxy groups -OCH3 is 1. The molecule has 0 aliphatic rings. The molecule has 0 atom stereocenters. The maximum absolute atomic E-state index is 11.8. The molecule has 0 aliphatic carbocycles. The van der Waals surface area contributed by atoms with E-state index in [0.717, 1.165) is 11.2 Å². The summed E-state index contributed by atoms with van der Waals surface area (Å²) in [5.41, 5.74) is 1.47. The van der Waals surface area contributed by atoms with E-state index in [9.17, 15) is 4.79 Å². The van der Waals surface area contributed by atoms with Crippen LogP contribution in [0.1, 0.15) is 5.69 Å². The Balaban J connectivity index is 2.62. The van der Waals surface area contributed by atoms with Crippen molar-refractivity contribution in [2.45, 2.75) is 6.54 Å². The molecular weight excluding hydrogens is 228 g/mol. The van der Waals surface area contributed by atoms with E-state index in [1.807, 2.05) is 6.07 Å². The average Bonchev–Trinajstić information content (AvgIpc) is 2.29. The molecule has 1 heterocycles. The fraction of sp³-hybridized carbons (Fsp3) is 0.182. The quantitative estimate of drug-likeness (QED) is 0.802. The molecule has 1 aromatic carbocycles. The van der Waals surface area contributed by atoms with Crippen LogP contribution in [-0.4, -0.2) is 12.1 Å². The molecule has 0 amide bonds. The van der Waals surface area contributed by atoms with Gasteiger partial charge in [-0.15, -0.1) is 0 Å². The van der Waals surface area contributed by atoms with Gasteiger partial charge < -0.3 is 9.72 Å². The average molecular weight is 239 g/mol. The molecule has 0 bridgehead atoms. The van der Waals surface area contributed by atoms with Crippen LogP contribution in [-0.2, 0) is 6.54 Å². The van der Waals surface area contributed by atoms with Crippen molar-refractivity contribution >= 4 is 22.7 Å². The summed E-state index contributed by atoms with van der Waals surface area (Å²) in [7, 11) is 1.57. The van der Waals surface area contributed by atoms with Crippen molar-refractivity contribution in [2.75, 3.05) is 7.11 Å². The smallest absolute Gasteiger partial charge is 0.189 e. The number of benzene rings is 1. The van der Waals surface area contributed by atoms with E-state index >= 15 is 0 Å². The maximum Gasteiger partial charge on any atom is 0.189 e. The van der Waals surface area contributed by atoms with Crippen LogP contribution in [0.3, 0.4) is 0 Å². The number of rotatable bonds is 3. The van der Waals surface area contributed by atoms with E-state index in [2.05, 4.69) is 9.82 Å². The Morgan fingerprint density at radius 2 is 2.25 bits per heavy atom. The molecule has 5 heteroatoms. The van der Waals surface area contributed by atoms with Gasteiger partial charge in [0.2, 0.25) is 0 Å². The molecule has 0 aliphatic heterocycles. The first-order valence-corrected chi connectivity index (χ1v) is 5.16. The van der Waals surface area contributed by atoms with E-state index in [1.165, 1.54) is 6.07 Å². The molecule has 0 spiro atoms. The zero-order valence-corrected chi connectivity index (χ0v) is 9.47. The molecule has 4 nitrogen and oxygen atoms in total. The molecule has 2 aromatic rings. The minimum atomic E-state index is -0.0467. The number of hydrogen-bond acceptors (Lipinski definition) is 3. The van der Waals surface area contributed by atoms with Gasteiger partial charge in [0.1, 0.15) is 5.75 Å². The molecule has 1 aromatic heterocycles. The van der Waals surface area contributed by atoms with Gasteiger partial charge in [0.15, 0.2) is 5.43 Å². The van der Waals surface area contributed by atoms with Gasteiger partial charge in [0.25, 0.3) is 0 Å². The minimum absolute atomic E-state index is 0.0467. The second-order valence-electron chi connectivity index (χ2n) is 3.38. The second-order valence-corrected chi connectivity index (χ2v) is 3.65. The van der Waals surface area contributed by atoms with Crippen molar-refractivity contribution in [1.82, 2.24) is 9.82 Å². The van der Waals surface area contributed by atoms with E-state index in [-0.39, 0.29) is 5.43 Å². The maximum atomic E-state index is 11.8. The topological polar surface area (TPSA) is 54.1 Å². The molecule has 0 radical (unpaired) electrons. The summed E-state index contributed by atoms with van der Waals surface area (Å²) in [6, 6.07) is 6.85. The minimum Gasteiger partial charge on any atom is -0.497 e. The Hall–Kier alpha value is -1.52. The summed E-state index contributed by atoms with van der Waals surface area (Å²) in [5.74, 6) is 0.668. The molecule has 0 fully saturated rings. The molecule has 0 saturated heterocycles. The van der Waals surface area contributed by atoms with Gasteiger partial charge in [-0.05, 0) is 30.0 Å². The number of aromatic nitrogens is 1. The predicted molar refractivity (Wildman–Crippen MR) is 63.8 cm³/mol. The first-order chi connectivity index (χ1) is 7.74. The number of nitrogens with one attached hydrogen (secondary N) is 2. The Bertz CT molecular complexity index is 565. The number of aromatic amines is 1. The predicted octanol–water partition coefficient (Wildman–Crippen LogP) is 1.78. The van der Waals surface area contributed by atoms with Crippen LogP contribution in [0.4, 0.5) is 0 Å². The van der Waals surface area contributed by atoms with Crippen LogP contribution in [0.5, 0.6) is 5.75 Å². The molecule has 2 N–H and O–H groups in total. The number of fused-ring (bicyclic) bond motifs is 1. The van der Waals surface area contributed by atoms with Crippen LogP contribution in [0.2, 0.25) is 0 Å². The largest absolute Gasteiger partial charge is 0.497 e.